The highest BCUT2D eigenvalue weighted by Gasteiger charge is 2.42. The van der Waals surface area contributed by atoms with Crippen molar-refractivity contribution >= 4 is 18.0 Å². The standard InChI is InChI=1S/C20H18O8/c1-26-14-9-11(4-5-13(14)21)18-17(20(24)25)12-7-10(3-6-16(22)23)8-15(27-2)19(12)28-18/h3-9,17-18,21H,1-2H3,(H,22,23)(H,24,25)/t17-,18+/m0/s1. The number of carbonyl (C=O) groups is 2. The SMILES string of the molecule is COc1cc([C@H]2Oc3c(OC)cc(C=CC(=O)O)cc3[C@@H]2C(=O)O)ccc1O. The van der Waals surface area contributed by atoms with Gasteiger partial charge < -0.3 is 29.5 Å². The molecule has 1 aliphatic heterocycles. The summed E-state index contributed by atoms with van der Waals surface area (Å²) >= 11 is 0. The number of carboxylic acids is 2. The monoisotopic (exact) mass is 386 g/mol. The van der Waals surface area contributed by atoms with Crippen molar-refractivity contribution in [1.29, 1.82) is 0 Å². The van der Waals surface area contributed by atoms with Crippen molar-refractivity contribution in [3.8, 4) is 23.0 Å². The summed E-state index contributed by atoms with van der Waals surface area (Å²) in [5.74, 6) is -2.61. The maximum absolute atomic E-state index is 12.0. The highest BCUT2D eigenvalue weighted by Crippen LogP contribution is 2.51. The number of aliphatic carboxylic acids is 2. The molecule has 0 aromatic heterocycles. The number of hydrogen-bond acceptors (Lipinski definition) is 6. The van der Waals surface area contributed by atoms with Crippen LogP contribution in [0.5, 0.6) is 23.0 Å². The van der Waals surface area contributed by atoms with Crippen molar-refractivity contribution < 1.29 is 39.1 Å². The molecule has 0 spiro atoms. The van der Waals surface area contributed by atoms with Gasteiger partial charge >= 0.3 is 11.9 Å². The summed E-state index contributed by atoms with van der Waals surface area (Å²) in [6, 6.07) is 7.60. The summed E-state index contributed by atoms with van der Waals surface area (Å²) in [7, 11) is 2.80. The van der Waals surface area contributed by atoms with E-state index < -0.39 is 24.0 Å². The maximum Gasteiger partial charge on any atom is 0.328 e. The number of ether oxygens (including phenoxy) is 3. The van der Waals surface area contributed by atoms with Crippen LogP contribution >= 0.6 is 0 Å². The van der Waals surface area contributed by atoms with Gasteiger partial charge in [0.05, 0.1) is 14.2 Å². The van der Waals surface area contributed by atoms with E-state index in [4.69, 9.17) is 19.3 Å². The molecule has 2 aromatic carbocycles. The molecule has 3 rings (SSSR count). The van der Waals surface area contributed by atoms with E-state index in [0.717, 1.165) is 6.08 Å². The molecule has 2 atom stereocenters. The summed E-state index contributed by atoms with van der Waals surface area (Å²) < 4.78 is 16.3. The molecule has 8 heteroatoms. The molecule has 1 heterocycles. The fraction of sp³-hybridized carbons (Fsp3) is 0.200. The van der Waals surface area contributed by atoms with Crippen molar-refractivity contribution in [3.05, 3.63) is 53.1 Å². The first-order chi connectivity index (χ1) is 13.3. The number of phenols is 1. The van der Waals surface area contributed by atoms with Crippen LogP contribution in [0.2, 0.25) is 0 Å². The number of benzene rings is 2. The Morgan fingerprint density at radius 3 is 2.39 bits per heavy atom. The van der Waals surface area contributed by atoms with Crippen LogP contribution in [0.15, 0.2) is 36.4 Å². The van der Waals surface area contributed by atoms with Crippen LogP contribution in [-0.2, 0) is 9.59 Å². The molecular weight excluding hydrogens is 368 g/mol. The molecule has 0 saturated heterocycles. The number of hydrogen-bond donors (Lipinski definition) is 3. The van der Waals surface area contributed by atoms with Gasteiger partial charge in [-0.25, -0.2) is 4.79 Å². The van der Waals surface area contributed by atoms with Gasteiger partial charge in [-0.15, -0.1) is 0 Å². The number of fused-ring (bicyclic) bond motifs is 1. The second kappa shape index (κ2) is 7.51. The van der Waals surface area contributed by atoms with Crippen LogP contribution < -0.4 is 14.2 Å². The van der Waals surface area contributed by atoms with Gasteiger partial charge in [0.1, 0.15) is 12.0 Å². The lowest BCUT2D eigenvalue weighted by Gasteiger charge is -2.17. The number of rotatable bonds is 6. The Kier molecular flexibility index (Phi) is 5.12. The Balaban J connectivity index is 2.11. The zero-order valence-corrected chi connectivity index (χ0v) is 15.1. The van der Waals surface area contributed by atoms with Crippen molar-refractivity contribution in [1.82, 2.24) is 0 Å². The average Bonchev–Trinajstić information content (AvgIpc) is 3.05. The van der Waals surface area contributed by atoms with Crippen LogP contribution in [0.4, 0.5) is 0 Å². The van der Waals surface area contributed by atoms with Gasteiger partial charge in [0.2, 0.25) is 0 Å². The minimum atomic E-state index is -1.13. The lowest BCUT2D eigenvalue weighted by molar-refractivity contribution is -0.140. The first kappa shape index (κ1) is 19.1. The Morgan fingerprint density at radius 2 is 1.79 bits per heavy atom. The van der Waals surface area contributed by atoms with E-state index in [1.54, 1.807) is 18.2 Å². The minimum absolute atomic E-state index is 0.0766. The fourth-order valence-corrected chi connectivity index (χ4v) is 3.17. The molecule has 28 heavy (non-hydrogen) atoms. The van der Waals surface area contributed by atoms with Gasteiger partial charge in [0.25, 0.3) is 0 Å². The number of methoxy groups -OCH3 is 2. The molecule has 2 aromatic rings. The van der Waals surface area contributed by atoms with Gasteiger partial charge in [-0.1, -0.05) is 6.07 Å². The largest absolute Gasteiger partial charge is 0.504 e. The molecule has 0 unspecified atom stereocenters. The second-order valence-corrected chi connectivity index (χ2v) is 6.10. The molecule has 0 amide bonds. The number of carboxylic acid groups (broad SMARTS) is 2. The summed E-state index contributed by atoms with van der Waals surface area (Å²) in [4.78, 5) is 22.8. The van der Waals surface area contributed by atoms with E-state index in [1.807, 2.05) is 0 Å². The topological polar surface area (TPSA) is 123 Å². The quantitative estimate of drug-likeness (QED) is 0.648. The van der Waals surface area contributed by atoms with Gasteiger partial charge in [0.15, 0.2) is 23.0 Å². The highest BCUT2D eigenvalue weighted by molar-refractivity contribution is 5.86. The summed E-state index contributed by atoms with van der Waals surface area (Å²) in [5.41, 5.74) is 1.34. The Hall–Kier alpha value is -3.68. The Morgan fingerprint density at radius 1 is 1.07 bits per heavy atom. The highest BCUT2D eigenvalue weighted by atomic mass is 16.5. The van der Waals surface area contributed by atoms with E-state index in [9.17, 15) is 19.8 Å². The molecule has 0 bridgehead atoms. The molecule has 0 fully saturated rings. The van der Waals surface area contributed by atoms with Crippen molar-refractivity contribution in [2.75, 3.05) is 14.2 Å². The Labute approximate surface area is 160 Å². The van der Waals surface area contributed by atoms with Crippen molar-refractivity contribution in [2.45, 2.75) is 12.0 Å². The average molecular weight is 386 g/mol. The number of phenolic OH excluding ortho intramolecular Hbond substituents is 1. The van der Waals surface area contributed by atoms with Crippen LogP contribution in [0.1, 0.15) is 28.7 Å². The van der Waals surface area contributed by atoms with Crippen molar-refractivity contribution in [2.24, 2.45) is 0 Å². The first-order valence-corrected chi connectivity index (χ1v) is 8.25. The van der Waals surface area contributed by atoms with Gasteiger partial charge in [-0.05, 0) is 41.5 Å². The third kappa shape index (κ3) is 3.44. The molecule has 146 valence electrons. The minimum Gasteiger partial charge on any atom is -0.504 e. The predicted molar refractivity (Wildman–Crippen MR) is 98.1 cm³/mol. The van der Waals surface area contributed by atoms with Crippen LogP contribution in [0, 0.1) is 0 Å². The van der Waals surface area contributed by atoms with Crippen molar-refractivity contribution in [3.63, 3.8) is 0 Å². The van der Waals surface area contributed by atoms with E-state index in [0.29, 0.717) is 22.4 Å². The second-order valence-electron chi connectivity index (χ2n) is 6.10. The predicted octanol–water partition coefficient (Wildman–Crippen LogP) is 2.81. The third-order valence-electron chi connectivity index (χ3n) is 4.43. The van der Waals surface area contributed by atoms with Crippen LogP contribution in [-0.4, -0.2) is 41.5 Å². The fourth-order valence-electron chi connectivity index (χ4n) is 3.17. The molecule has 0 radical (unpaired) electrons. The third-order valence-corrected chi connectivity index (χ3v) is 4.43. The van der Waals surface area contributed by atoms with E-state index in [-0.39, 0.29) is 17.2 Å². The zero-order valence-electron chi connectivity index (χ0n) is 15.1. The zero-order chi connectivity index (χ0) is 20.4. The van der Waals surface area contributed by atoms with E-state index in [1.165, 1.54) is 32.4 Å². The molecule has 0 saturated carbocycles. The molecule has 8 nitrogen and oxygen atoms in total. The lowest BCUT2D eigenvalue weighted by Crippen LogP contribution is -2.18. The van der Waals surface area contributed by atoms with E-state index in [2.05, 4.69) is 0 Å². The van der Waals surface area contributed by atoms with Crippen LogP contribution in [0.3, 0.4) is 0 Å². The summed E-state index contributed by atoms with van der Waals surface area (Å²) in [6.07, 6.45) is 1.42. The first-order valence-electron chi connectivity index (χ1n) is 8.25. The smallest absolute Gasteiger partial charge is 0.328 e. The molecule has 1 aliphatic rings. The normalized spacial score (nSPS) is 17.8. The molecule has 0 aliphatic carbocycles. The summed E-state index contributed by atoms with van der Waals surface area (Å²) in [5, 5.41) is 28.5. The lowest BCUT2D eigenvalue weighted by atomic mass is 9.90. The Bertz CT molecular complexity index is 963. The maximum atomic E-state index is 12.0. The van der Waals surface area contributed by atoms with Gasteiger partial charge in [-0.3, -0.25) is 4.79 Å². The molecule has 3 N–H and O–H groups in total. The van der Waals surface area contributed by atoms with Crippen LogP contribution in [0.25, 0.3) is 6.08 Å². The molecular formula is C20H18O8. The van der Waals surface area contributed by atoms with Gasteiger partial charge in [0, 0.05) is 11.6 Å². The number of aromatic hydroxyl groups is 1. The van der Waals surface area contributed by atoms with E-state index >= 15 is 0 Å². The van der Waals surface area contributed by atoms with Gasteiger partial charge in [-0.2, -0.15) is 0 Å². The summed E-state index contributed by atoms with van der Waals surface area (Å²) in [6.45, 7) is 0.